The summed E-state index contributed by atoms with van der Waals surface area (Å²) in [7, 11) is 4.07. The monoisotopic (exact) mass is 224 g/mol. The Hall–Kier alpha value is -1.07. The number of hydrogen-bond donors (Lipinski definition) is 1. The summed E-state index contributed by atoms with van der Waals surface area (Å²) in [6.45, 7) is 6.01. The molecule has 0 aliphatic carbocycles. The Morgan fingerprint density at radius 1 is 1.56 bits per heavy atom. The highest BCUT2D eigenvalue weighted by atomic mass is 16.4. The van der Waals surface area contributed by atoms with Gasteiger partial charge in [-0.25, -0.2) is 0 Å². The Morgan fingerprint density at radius 3 is 3.06 bits per heavy atom. The number of likely N-dealkylation sites (N-methyl/N-ethyl adjacent to an activating group) is 1. The van der Waals surface area contributed by atoms with Crippen LogP contribution in [0.2, 0.25) is 0 Å². The highest BCUT2D eigenvalue weighted by molar-refractivity contribution is 5.28. The molecule has 1 aromatic heterocycles. The third-order valence-electron chi connectivity index (χ3n) is 3.13. The van der Waals surface area contributed by atoms with E-state index >= 15 is 0 Å². The van der Waals surface area contributed by atoms with Gasteiger partial charge in [0.15, 0.2) is 0 Å². The summed E-state index contributed by atoms with van der Waals surface area (Å²) in [5.74, 6) is 0. The Labute approximate surface area is 96.4 Å². The predicted octanol–water partition coefficient (Wildman–Crippen LogP) is 0.534. The fraction of sp³-hybridized carbons (Fsp3) is 0.727. The molecule has 0 amide bonds. The quantitative estimate of drug-likeness (QED) is 0.811. The first-order valence-corrected chi connectivity index (χ1v) is 5.75. The van der Waals surface area contributed by atoms with Crippen LogP contribution in [0.15, 0.2) is 10.7 Å². The zero-order valence-corrected chi connectivity index (χ0v) is 10.2. The molecule has 1 atom stereocenters. The number of rotatable bonds is 3. The van der Waals surface area contributed by atoms with Crippen LogP contribution < -0.4 is 10.2 Å². The number of anilines is 1. The lowest BCUT2D eigenvalue weighted by Gasteiger charge is -2.36. The summed E-state index contributed by atoms with van der Waals surface area (Å²) in [6.07, 6.45) is 1.73. The molecule has 90 valence electrons. The second-order valence-electron chi connectivity index (χ2n) is 4.43. The van der Waals surface area contributed by atoms with Gasteiger partial charge < -0.3 is 19.5 Å². The van der Waals surface area contributed by atoms with E-state index < -0.39 is 0 Å². The Balaban J connectivity index is 2.01. The third kappa shape index (κ3) is 2.36. The van der Waals surface area contributed by atoms with Crippen molar-refractivity contribution >= 4 is 6.01 Å². The van der Waals surface area contributed by atoms with Crippen LogP contribution in [-0.2, 0) is 6.54 Å². The third-order valence-corrected chi connectivity index (χ3v) is 3.13. The van der Waals surface area contributed by atoms with E-state index in [0.717, 1.165) is 37.9 Å². The summed E-state index contributed by atoms with van der Waals surface area (Å²) in [5.41, 5.74) is 0.962. The summed E-state index contributed by atoms with van der Waals surface area (Å²) < 4.78 is 5.50. The predicted molar refractivity (Wildman–Crippen MR) is 63.6 cm³/mol. The van der Waals surface area contributed by atoms with Crippen molar-refractivity contribution < 1.29 is 4.42 Å². The molecule has 1 N–H and O–H groups in total. The van der Waals surface area contributed by atoms with Gasteiger partial charge in [-0.2, -0.15) is 4.98 Å². The van der Waals surface area contributed by atoms with Crippen molar-refractivity contribution in [3.05, 3.63) is 12.0 Å². The minimum Gasteiger partial charge on any atom is -0.432 e. The van der Waals surface area contributed by atoms with Gasteiger partial charge in [0.25, 0.3) is 6.01 Å². The van der Waals surface area contributed by atoms with Gasteiger partial charge in [-0.3, -0.25) is 0 Å². The van der Waals surface area contributed by atoms with Crippen LogP contribution >= 0.6 is 0 Å². The minimum absolute atomic E-state index is 0.549. The molecule has 0 aromatic carbocycles. The van der Waals surface area contributed by atoms with E-state index in [9.17, 15) is 0 Å². The van der Waals surface area contributed by atoms with Gasteiger partial charge in [0.2, 0.25) is 0 Å². The van der Waals surface area contributed by atoms with Gasteiger partial charge in [0, 0.05) is 32.2 Å². The van der Waals surface area contributed by atoms with Crippen LogP contribution in [0.1, 0.15) is 12.6 Å². The molecule has 1 saturated heterocycles. The number of oxazole rings is 1. The van der Waals surface area contributed by atoms with E-state index in [4.69, 9.17) is 4.42 Å². The van der Waals surface area contributed by atoms with E-state index in [-0.39, 0.29) is 0 Å². The molecular formula is C11H20N4O. The van der Waals surface area contributed by atoms with Crippen LogP contribution in [0, 0.1) is 0 Å². The second kappa shape index (κ2) is 4.84. The largest absolute Gasteiger partial charge is 0.432 e. The first kappa shape index (κ1) is 11.4. The summed E-state index contributed by atoms with van der Waals surface area (Å²) in [6, 6.07) is 1.30. The van der Waals surface area contributed by atoms with Crippen molar-refractivity contribution in [2.24, 2.45) is 0 Å². The molecular weight excluding hydrogens is 204 g/mol. The van der Waals surface area contributed by atoms with Gasteiger partial charge in [0.1, 0.15) is 6.26 Å². The average molecular weight is 224 g/mol. The molecule has 0 saturated carbocycles. The van der Waals surface area contributed by atoms with Crippen LogP contribution in [0.4, 0.5) is 6.01 Å². The second-order valence-corrected chi connectivity index (χ2v) is 4.43. The van der Waals surface area contributed by atoms with E-state index in [1.807, 2.05) is 7.05 Å². The Bertz CT molecular complexity index is 338. The molecule has 1 aliphatic rings. The van der Waals surface area contributed by atoms with Crippen molar-refractivity contribution in [2.75, 3.05) is 38.6 Å². The van der Waals surface area contributed by atoms with Gasteiger partial charge in [-0.15, -0.1) is 0 Å². The van der Waals surface area contributed by atoms with Crippen molar-refractivity contribution in [2.45, 2.75) is 19.5 Å². The first-order valence-electron chi connectivity index (χ1n) is 5.75. The van der Waals surface area contributed by atoms with E-state index in [0.29, 0.717) is 6.04 Å². The molecule has 0 bridgehead atoms. The number of aromatic nitrogens is 1. The number of hydrogen-bond acceptors (Lipinski definition) is 5. The number of nitrogens with one attached hydrogen (secondary N) is 1. The molecule has 2 rings (SSSR count). The molecule has 5 nitrogen and oxygen atoms in total. The molecule has 1 aliphatic heterocycles. The molecule has 2 heterocycles. The molecule has 0 radical (unpaired) electrons. The zero-order valence-electron chi connectivity index (χ0n) is 10.2. The lowest BCUT2D eigenvalue weighted by Crippen LogP contribution is -2.50. The van der Waals surface area contributed by atoms with Gasteiger partial charge >= 0.3 is 0 Å². The normalized spacial score (nSPS) is 22.7. The molecule has 1 aromatic rings. The average Bonchev–Trinajstić information content (AvgIpc) is 2.71. The standard InChI is InChI=1S/C11H20N4O/c1-9-7-15(5-4-14(9)3)11-13-10(6-12-2)8-16-11/h8-9,12H,4-7H2,1-3H3. The molecule has 5 heteroatoms. The van der Waals surface area contributed by atoms with Crippen LogP contribution in [0.25, 0.3) is 0 Å². The first-order chi connectivity index (χ1) is 7.70. The number of nitrogens with zero attached hydrogens (tertiary/aromatic N) is 3. The molecule has 1 fully saturated rings. The topological polar surface area (TPSA) is 44.5 Å². The van der Waals surface area contributed by atoms with E-state index in [1.54, 1.807) is 6.26 Å². The highest BCUT2D eigenvalue weighted by Crippen LogP contribution is 2.17. The maximum Gasteiger partial charge on any atom is 0.297 e. The lowest BCUT2D eigenvalue weighted by atomic mass is 10.2. The highest BCUT2D eigenvalue weighted by Gasteiger charge is 2.23. The summed E-state index contributed by atoms with van der Waals surface area (Å²) in [4.78, 5) is 9.03. The van der Waals surface area contributed by atoms with E-state index in [2.05, 4.69) is 34.1 Å². The van der Waals surface area contributed by atoms with Gasteiger partial charge in [-0.05, 0) is 21.0 Å². The molecule has 1 unspecified atom stereocenters. The van der Waals surface area contributed by atoms with Gasteiger partial charge in [-0.1, -0.05) is 0 Å². The Morgan fingerprint density at radius 2 is 2.38 bits per heavy atom. The smallest absolute Gasteiger partial charge is 0.297 e. The summed E-state index contributed by atoms with van der Waals surface area (Å²) in [5, 5.41) is 3.07. The van der Waals surface area contributed by atoms with Crippen molar-refractivity contribution in [1.82, 2.24) is 15.2 Å². The summed E-state index contributed by atoms with van der Waals surface area (Å²) >= 11 is 0. The van der Waals surface area contributed by atoms with Crippen molar-refractivity contribution in [3.63, 3.8) is 0 Å². The fourth-order valence-electron chi connectivity index (χ4n) is 1.93. The van der Waals surface area contributed by atoms with Crippen LogP contribution in [0.3, 0.4) is 0 Å². The van der Waals surface area contributed by atoms with Crippen LogP contribution in [0.5, 0.6) is 0 Å². The zero-order chi connectivity index (χ0) is 11.5. The Kier molecular flexibility index (Phi) is 3.46. The lowest BCUT2D eigenvalue weighted by molar-refractivity contribution is 0.229. The maximum atomic E-state index is 5.50. The number of piperazine rings is 1. The molecule has 0 spiro atoms. The van der Waals surface area contributed by atoms with Crippen molar-refractivity contribution in [1.29, 1.82) is 0 Å². The minimum atomic E-state index is 0.549. The van der Waals surface area contributed by atoms with Gasteiger partial charge in [0.05, 0.1) is 5.69 Å². The van der Waals surface area contributed by atoms with Crippen molar-refractivity contribution in [3.8, 4) is 0 Å². The fourth-order valence-corrected chi connectivity index (χ4v) is 1.93. The van der Waals surface area contributed by atoms with Crippen LogP contribution in [-0.4, -0.2) is 49.7 Å². The SMILES string of the molecule is CNCc1coc(N2CCN(C)C(C)C2)n1. The maximum absolute atomic E-state index is 5.50. The molecule has 16 heavy (non-hydrogen) atoms. The van der Waals surface area contributed by atoms with E-state index in [1.165, 1.54) is 0 Å².